The van der Waals surface area contributed by atoms with Crippen molar-refractivity contribution in [1.82, 2.24) is 25.1 Å². The summed E-state index contributed by atoms with van der Waals surface area (Å²) in [7, 11) is 0. The van der Waals surface area contributed by atoms with Gasteiger partial charge < -0.3 is 4.90 Å². The van der Waals surface area contributed by atoms with Crippen molar-refractivity contribution in [1.29, 1.82) is 0 Å². The normalized spacial score (nSPS) is 18.0. The lowest BCUT2D eigenvalue weighted by molar-refractivity contribution is -0.137. The van der Waals surface area contributed by atoms with Crippen molar-refractivity contribution < 1.29 is 22.4 Å². The van der Waals surface area contributed by atoms with Gasteiger partial charge in [0.05, 0.1) is 18.7 Å². The van der Waals surface area contributed by atoms with E-state index in [-0.39, 0.29) is 19.0 Å². The van der Waals surface area contributed by atoms with E-state index in [1.165, 1.54) is 27.9 Å². The van der Waals surface area contributed by atoms with Gasteiger partial charge >= 0.3 is 6.18 Å². The average Bonchev–Trinajstić information content (AvgIpc) is 3.04. The Morgan fingerprint density at radius 3 is 2.79 bits per heavy atom. The first-order valence-electron chi connectivity index (χ1n) is 8.78. The summed E-state index contributed by atoms with van der Waals surface area (Å²) in [6, 6.07) is 3.24. The maximum Gasteiger partial charge on any atom is 0.416 e. The molecular formula is C18H19F4N5O. The SMILES string of the molecule is Cc1nnn(Cc2cc(C(F)(F)F)ccc2C=CC(=O)N2CCCC(F)C2)n1. The van der Waals surface area contributed by atoms with E-state index in [4.69, 9.17) is 0 Å². The number of piperidine rings is 1. The van der Waals surface area contributed by atoms with E-state index in [1.54, 1.807) is 6.92 Å². The molecule has 0 N–H and O–H groups in total. The molecule has 0 aliphatic carbocycles. The van der Waals surface area contributed by atoms with E-state index < -0.39 is 17.9 Å². The third-order valence-corrected chi connectivity index (χ3v) is 4.42. The highest BCUT2D eigenvalue weighted by Crippen LogP contribution is 2.31. The number of carbonyl (C=O) groups is 1. The third kappa shape index (κ3) is 4.93. The molecule has 0 bridgehead atoms. The maximum atomic E-state index is 13.5. The number of tetrazole rings is 1. The van der Waals surface area contributed by atoms with Crippen LogP contribution in [0.4, 0.5) is 17.6 Å². The van der Waals surface area contributed by atoms with Crippen molar-refractivity contribution in [2.45, 2.75) is 38.7 Å². The van der Waals surface area contributed by atoms with Crippen LogP contribution in [0.3, 0.4) is 0 Å². The number of carbonyl (C=O) groups excluding carboxylic acids is 1. The van der Waals surface area contributed by atoms with Crippen molar-refractivity contribution in [3.8, 4) is 0 Å². The summed E-state index contributed by atoms with van der Waals surface area (Å²) in [6.07, 6.45) is -1.84. The molecule has 150 valence electrons. The van der Waals surface area contributed by atoms with Crippen LogP contribution in [0.2, 0.25) is 0 Å². The molecule has 2 aromatic rings. The van der Waals surface area contributed by atoms with E-state index in [1.807, 2.05) is 0 Å². The molecule has 1 aromatic heterocycles. The Balaban J connectivity index is 1.85. The van der Waals surface area contributed by atoms with E-state index in [0.717, 1.165) is 12.1 Å². The first-order chi connectivity index (χ1) is 13.2. The van der Waals surface area contributed by atoms with E-state index in [2.05, 4.69) is 15.4 Å². The zero-order chi connectivity index (χ0) is 20.3. The van der Waals surface area contributed by atoms with Crippen LogP contribution in [0.25, 0.3) is 6.08 Å². The number of hydrogen-bond donors (Lipinski definition) is 0. The van der Waals surface area contributed by atoms with Gasteiger partial charge in [-0.25, -0.2) is 4.39 Å². The number of aromatic nitrogens is 4. The third-order valence-electron chi connectivity index (χ3n) is 4.42. The lowest BCUT2D eigenvalue weighted by atomic mass is 10.0. The average molecular weight is 397 g/mol. The fourth-order valence-corrected chi connectivity index (χ4v) is 3.02. The van der Waals surface area contributed by atoms with Crippen LogP contribution in [0.5, 0.6) is 0 Å². The van der Waals surface area contributed by atoms with E-state index >= 15 is 0 Å². The molecule has 1 aliphatic heterocycles. The molecule has 1 aliphatic rings. The Hall–Kier alpha value is -2.78. The fourth-order valence-electron chi connectivity index (χ4n) is 3.02. The summed E-state index contributed by atoms with van der Waals surface area (Å²) >= 11 is 0. The van der Waals surface area contributed by atoms with Gasteiger partial charge in [0, 0.05) is 12.6 Å². The summed E-state index contributed by atoms with van der Waals surface area (Å²) in [5.74, 6) is 0.0213. The van der Waals surface area contributed by atoms with Gasteiger partial charge in [-0.15, -0.1) is 10.2 Å². The second-order valence-electron chi connectivity index (χ2n) is 6.64. The summed E-state index contributed by atoms with van der Waals surface area (Å²) in [5, 5.41) is 11.5. The van der Waals surface area contributed by atoms with Crippen LogP contribution < -0.4 is 0 Å². The van der Waals surface area contributed by atoms with Gasteiger partial charge in [0.2, 0.25) is 5.91 Å². The van der Waals surface area contributed by atoms with E-state index in [0.29, 0.717) is 36.3 Å². The zero-order valence-electron chi connectivity index (χ0n) is 15.2. The predicted molar refractivity (Wildman–Crippen MR) is 92.8 cm³/mol. The molecule has 1 aromatic carbocycles. The number of rotatable bonds is 4. The number of amides is 1. The highest BCUT2D eigenvalue weighted by atomic mass is 19.4. The first-order valence-corrected chi connectivity index (χ1v) is 8.78. The molecule has 3 rings (SSSR count). The molecule has 2 heterocycles. The molecule has 28 heavy (non-hydrogen) atoms. The highest BCUT2D eigenvalue weighted by molar-refractivity contribution is 5.92. The minimum atomic E-state index is -4.50. The summed E-state index contributed by atoms with van der Waals surface area (Å²) in [5.41, 5.74) is -0.0949. The Bertz CT molecular complexity index is 877. The standard InChI is InChI=1S/C18H19F4N5O/c1-12-23-25-27(24-12)10-14-9-15(18(20,21)22)6-4-13(14)5-7-17(28)26-8-2-3-16(19)11-26/h4-7,9,16H,2-3,8,10-11H2,1H3. The smallest absolute Gasteiger partial charge is 0.336 e. The van der Waals surface area contributed by atoms with Gasteiger partial charge in [-0.1, -0.05) is 6.07 Å². The molecule has 1 atom stereocenters. The number of likely N-dealkylation sites (tertiary alicyclic amines) is 1. The Kier molecular flexibility index (Phi) is 5.76. The number of hydrogen-bond acceptors (Lipinski definition) is 4. The van der Waals surface area contributed by atoms with Gasteiger partial charge in [-0.2, -0.15) is 18.0 Å². The second-order valence-corrected chi connectivity index (χ2v) is 6.64. The number of aryl methyl sites for hydroxylation is 1. The predicted octanol–water partition coefficient (Wildman–Crippen LogP) is 3.02. The lowest BCUT2D eigenvalue weighted by Crippen LogP contribution is -2.39. The van der Waals surface area contributed by atoms with Crippen molar-refractivity contribution >= 4 is 12.0 Å². The Morgan fingerprint density at radius 1 is 1.36 bits per heavy atom. The first kappa shape index (κ1) is 20.0. The van der Waals surface area contributed by atoms with Crippen molar-refractivity contribution in [2.75, 3.05) is 13.1 Å². The van der Waals surface area contributed by atoms with Gasteiger partial charge in [0.25, 0.3) is 0 Å². The Morgan fingerprint density at radius 2 is 2.14 bits per heavy atom. The summed E-state index contributed by atoms with van der Waals surface area (Å²) in [4.78, 5) is 14.9. The van der Waals surface area contributed by atoms with Gasteiger partial charge in [0.15, 0.2) is 5.82 Å². The van der Waals surface area contributed by atoms with Gasteiger partial charge in [-0.05, 0) is 54.3 Å². The van der Waals surface area contributed by atoms with Crippen LogP contribution >= 0.6 is 0 Å². The quantitative estimate of drug-likeness (QED) is 0.588. The molecule has 0 spiro atoms. The lowest BCUT2D eigenvalue weighted by Gasteiger charge is -2.28. The molecule has 10 heteroatoms. The maximum absolute atomic E-state index is 13.5. The molecule has 6 nitrogen and oxygen atoms in total. The zero-order valence-corrected chi connectivity index (χ0v) is 15.2. The second kappa shape index (κ2) is 8.07. The largest absolute Gasteiger partial charge is 0.416 e. The molecule has 1 amide bonds. The molecule has 1 saturated heterocycles. The molecule has 0 radical (unpaired) electrons. The number of benzene rings is 1. The molecule has 1 fully saturated rings. The van der Waals surface area contributed by atoms with Crippen LogP contribution in [0.1, 0.15) is 35.4 Å². The van der Waals surface area contributed by atoms with Crippen LogP contribution in [-0.2, 0) is 17.5 Å². The molecular weight excluding hydrogens is 378 g/mol. The number of halogens is 4. The van der Waals surface area contributed by atoms with Crippen LogP contribution in [0, 0.1) is 6.92 Å². The van der Waals surface area contributed by atoms with Crippen LogP contribution in [-0.4, -0.2) is 50.3 Å². The van der Waals surface area contributed by atoms with Crippen LogP contribution in [0.15, 0.2) is 24.3 Å². The Labute approximate surface area is 158 Å². The molecule has 0 saturated carbocycles. The molecule has 1 unspecified atom stereocenters. The topological polar surface area (TPSA) is 63.9 Å². The summed E-state index contributed by atoms with van der Waals surface area (Å²) < 4.78 is 52.7. The summed E-state index contributed by atoms with van der Waals surface area (Å²) in [6.45, 7) is 2.08. The minimum Gasteiger partial charge on any atom is -0.336 e. The van der Waals surface area contributed by atoms with Crippen molar-refractivity contribution in [3.63, 3.8) is 0 Å². The van der Waals surface area contributed by atoms with E-state index in [9.17, 15) is 22.4 Å². The van der Waals surface area contributed by atoms with Gasteiger partial charge in [0.1, 0.15) is 6.17 Å². The highest BCUT2D eigenvalue weighted by Gasteiger charge is 2.31. The van der Waals surface area contributed by atoms with Crippen molar-refractivity contribution in [3.05, 3.63) is 46.8 Å². The minimum absolute atomic E-state index is 0.0328. The fraction of sp³-hybridized carbons (Fsp3) is 0.444. The number of alkyl halides is 4. The van der Waals surface area contributed by atoms with Gasteiger partial charge in [-0.3, -0.25) is 4.79 Å². The monoisotopic (exact) mass is 397 g/mol. The van der Waals surface area contributed by atoms with Crippen molar-refractivity contribution in [2.24, 2.45) is 0 Å². The number of nitrogens with zero attached hydrogens (tertiary/aromatic N) is 5.